The minimum absolute atomic E-state index is 0.127. The van der Waals surface area contributed by atoms with Gasteiger partial charge in [-0.15, -0.1) is 0 Å². The molecule has 2 aromatic rings. The van der Waals surface area contributed by atoms with Crippen LogP contribution in [0.2, 0.25) is 0 Å². The van der Waals surface area contributed by atoms with Gasteiger partial charge in [-0.05, 0) is 17.7 Å². The lowest BCUT2D eigenvalue weighted by Gasteiger charge is -2.10. The molecule has 0 saturated heterocycles. The number of carboxylic acid groups (broad SMARTS) is 1. The predicted octanol–water partition coefficient (Wildman–Crippen LogP) is 1.66. The van der Waals surface area contributed by atoms with Crippen LogP contribution in [-0.2, 0) is 14.6 Å². The number of hydrogen-bond donors (Lipinski definition) is 2. The van der Waals surface area contributed by atoms with Crippen LogP contribution >= 0.6 is 0 Å². The third kappa shape index (κ3) is 2.26. The highest BCUT2D eigenvalue weighted by Crippen LogP contribution is 2.63. The normalized spacial score (nSPS) is 26.7. The SMILES string of the molecule is NC[C@@]1(C(=O)O)[C@@H](c2ccccc2)[C@@H]1S(=O)(=O)c1ccccc1. The molecule has 0 aromatic heterocycles. The minimum Gasteiger partial charge on any atom is -0.481 e. The highest BCUT2D eigenvalue weighted by atomic mass is 32.2. The molecule has 3 N–H and O–H groups in total. The Labute approximate surface area is 134 Å². The van der Waals surface area contributed by atoms with Gasteiger partial charge in [0, 0.05) is 12.5 Å². The Hall–Kier alpha value is -2.18. The second-order valence-corrected chi connectivity index (χ2v) is 7.79. The van der Waals surface area contributed by atoms with Crippen LogP contribution in [0.3, 0.4) is 0 Å². The Balaban J connectivity index is 2.12. The van der Waals surface area contributed by atoms with Gasteiger partial charge >= 0.3 is 5.97 Å². The van der Waals surface area contributed by atoms with Crippen LogP contribution in [0.15, 0.2) is 65.6 Å². The summed E-state index contributed by atoms with van der Waals surface area (Å²) in [6.45, 7) is -0.224. The Kier molecular flexibility index (Phi) is 3.74. The van der Waals surface area contributed by atoms with Gasteiger partial charge in [0.15, 0.2) is 9.84 Å². The van der Waals surface area contributed by atoms with Crippen molar-refractivity contribution in [3.8, 4) is 0 Å². The summed E-state index contributed by atoms with van der Waals surface area (Å²) >= 11 is 0. The van der Waals surface area contributed by atoms with Crippen molar-refractivity contribution in [3.05, 3.63) is 66.2 Å². The number of benzene rings is 2. The number of aliphatic carboxylic acids is 1. The number of nitrogens with two attached hydrogens (primary N) is 1. The maximum atomic E-state index is 12.9. The first-order chi connectivity index (χ1) is 11.0. The van der Waals surface area contributed by atoms with E-state index in [0.29, 0.717) is 5.56 Å². The molecular formula is C17H17NO4S. The molecule has 1 aliphatic rings. The fourth-order valence-electron chi connectivity index (χ4n) is 3.34. The van der Waals surface area contributed by atoms with E-state index in [1.165, 1.54) is 12.1 Å². The van der Waals surface area contributed by atoms with E-state index >= 15 is 0 Å². The van der Waals surface area contributed by atoms with Gasteiger partial charge < -0.3 is 10.8 Å². The van der Waals surface area contributed by atoms with Crippen LogP contribution < -0.4 is 5.73 Å². The van der Waals surface area contributed by atoms with E-state index < -0.39 is 32.4 Å². The number of hydrogen-bond acceptors (Lipinski definition) is 4. The molecule has 0 aliphatic heterocycles. The predicted molar refractivity (Wildman–Crippen MR) is 85.7 cm³/mol. The molecule has 23 heavy (non-hydrogen) atoms. The van der Waals surface area contributed by atoms with Crippen molar-refractivity contribution < 1.29 is 18.3 Å². The van der Waals surface area contributed by atoms with Gasteiger partial charge in [0.2, 0.25) is 0 Å². The third-order valence-electron chi connectivity index (χ3n) is 4.56. The average molecular weight is 331 g/mol. The van der Waals surface area contributed by atoms with Crippen molar-refractivity contribution in [3.63, 3.8) is 0 Å². The molecule has 1 fully saturated rings. The molecule has 1 aliphatic carbocycles. The van der Waals surface area contributed by atoms with Crippen molar-refractivity contribution in [1.82, 2.24) is 0 Å². The van der Waals surface area contributed by atoms with Gasteiger partial charge in [0.1, 0.15) is 5.41 Å². The van der Waals surface area contributed by atoms with Crippen molar-refractivity contribution in [1.29, 1.82) is 0 Å². The third-order valence-corrected chi connectivity index (χ3v) is 6.85. The fourth-order valence-corrected chi connectivity index (χ4v) is 5.74. The average Bonchev–Trinajstić information content (AvgIpc) is 3.28. The highest BCUT2D eigenvalue weighted by molar-refractivity contribution is 7.92. The van der Waals surface area contributed by atoms with Crippen LogP contribution in [0.1, 0.15) is 11.5 Å². The van der Waals surface area contributed by atoms with Crippen molar-refractivity contribution in [2.45, 2.75) is 16.1 Å². The van der Waals surface area contributed by atoms with E-state index in [4.69, 9.17) is 5.73 Å². The Morgan fingerprint density at radius 1 is 1.04 bits per heavy atom. The highest BCUT2D eigenvalue weighted by Gasteiger charge is 2.75. The number of carboxylic acids is 1. The van der Waals surface area contributed by atoms with Crippen LogP contribution in [0.5, 0.6) is 0 Å². The van der Waals surface area contributed by atoms with E-state index in [1.54, 1.807) is 48.5 Å². The summed E-state index contributed by atoms with van der Waals surface area (Å²) in [6, 6.07) is 16.8. The molecule has 0 unspecified atom stereocenters. The first-order valence-corrected chi connectivity index (χ1v) is 8.78. The molecule has 5 nitrogen and oxygen atoms in total. The summed E-state index contributed by atoms with van der Waals surface area (Å²) in [6.07, 6.45) is 0. The second kappa shape index (κ2) is 5.47. The van der Waals surface area contributed by atoms with E-state index in [1.807, 2.05) is 0 Å². The summed E-state index contributed by atoms with van der Waals surface area (Å²) in [5, 5.41) is 8.62. The minimum atomic E-state index is -3.79. The quantitative estimate of drug-likeness (QED) is 0.868. The number of rotatable bonds is 5. The zero-order valence-electron chi connectivity index (χ0n) is 12.3. The molecule has 6 heteroatoms. The molecule has 3 rings (SSSR count). The van der Waals surface area contributed by atoms with E-state index in [9.17, 15) is 18.3 Å². The first-order valence-electron chi connectivity index (χ1n) is 7.23. The summed E-state index contributed by atoms with van der Waals surface area (Å²) in [5.41, 5.74) is 4.93. The molecule has 0 amide bonds. The molecule has 3 atom stereocenters. The fraction of sp³-hybridized carbons (Fsp3) is 0.235. The van der Waals surface area contributed by atoms with Gasteiger partial charge in [-0.1, -0.05) is 48.5 Å². The largest absolute Gasteiger partial charge is 0.481 e. The summed E-state index contributed by atoms with van der Waals surface area (Å²) in [4.78, 5) is 12.0. The zero-order valence-corrected chi connectivity index (χ0v) is 13.1. The summed E-state index contributed by atoms with van der Waals surface area (Å²) in [5.74, 6) is -1.81. The van der Waals surface area contributed by atoms with Crippen LogP contribution in [0.25, 0.3) is 0 Å². The van der Waals surface area contributed by atoms with Crippen molar-refractivity contribution in [2.75, 3.05) is 6.54 Å². The Bertz CT molecular complexity index is 820. The molecule has 0 bridgehead atoms. The van der Waals surface area contributed by atoms with Gasteiger partial charge in [0.05, 0.1) is 10.1 Å². The molecule has 0 spiro atoms. The maximum absolute atomic E-state index is 12.9. The lowest BCUT2D eigenvalue weighted by Crippen LogP contribution is -2.31. The topological polar surface area (TPSA) is 97.5 Å². The molecule has 120 valence electrons. The van der Waals surface area contributed by atoms with Gasteiger partial charge in [-0.25, -0.2) is 8.42 Å². The molecule has 0 radical (unpaired) electrons. The van der Waals surface area contributed by atoms with Gasteiger partial charge in [-0.3, -0.25) is 4.79 Å². The van der Waals surface area contributed by atoms with Crippen molar-refractivity contribution >= 4 is 15.8 Å². The molecule has 2 aromatic carbocycles. The summed E-state index contributed by atoms with van der Waals surface area (Å²) in [7, 11) is -3.79. The Morgan fingerprint density at radius 3 is 2.04 bits per heavy atom. The van der Waals surface area contributed by atoms with Gasteiger partial charge in [0.25, 0.3) is 0 Å². The Morgan fingerprint density at radius 2 is 1.57 bits per heavy atom. The standard InChI is InChI=1S/C17H17NO4S/c18-11-17(16(19)20)14(12-7-3-1-4-8-12)15(17)23(21,22)13-9-5-2-6-10-13/h1-10,14-15H,11,18H2,(H,19,20)/t14-,15-,17+/m0/s1. The van der Waals surface area contributed by atoms with E-state index in [0.717, 1.165) is 0 Å². The lowest BCUT2D eigenvalue weighted by atomic mass is 9.99. The maximum Gasteiger partial charge on any atom is 0.312 e. The molecule has 1 saturated carbocycles. The van der Waals surface area contributed by atoms with E-state index in [2.05, 4.69) is 0 Å². The van der Waals surface area contributed by atoms with Gasteiger partial charge in [-0.2, -0.15) is 0 Å². The lowest BCUT2D eigenvalue weighted by molar-refractivity contribution is -0.143. The zero-order chi connectivity index (χ0) is 16.7. The number of carbonyl (C=O) groups is 1. The van der Waals surface area contributed by atoms with Crippen LogP contribution in [0, 0.1) is 5.41 Å². The summed E-state index contributed by atoms with van der Waals surface area (Å²) < 4.78 is 25.9. The second-order valence-electron chi connectivity index (χ2n) is 5.72. The first kappa shape index (κ1) is 15.7. The van der Waals surface area contributed by atoms with E-state index in [-0.39, 0.29) is 11.4 Å². The molecule has 0 heterocycles. The van der Waals surface area contributed by atoms with Crippen LogP contribution in [-0.4, -0.2) is 31.3 Å². The smallest absolute Gasteiger partial charge is 0.312 e. The van der Waals surface area contributed by atoms with Crippen molar-refractivity contribution in [2.24, 2.45) is 11.1 Å². The number of sulfone groups is 1. The monoisotopic (exact) mass is 331 g/mol. The van der Waals surface area contributed by atoms with Crippen LogP contribution in [0.4, 0.5) is 0 Å². The molecular weight excluding hydrogens is 314 g/mol.